The molecule has 3 heteroatoms. The van der Waals surface area contributed by atoms with E-state index in [4.69, 9.17) is 4.74 Å². The van der Waals surface area contributed by atoms with Crippen molar-refractivity contribution in [1.29, 1.82) is 0 Å². The summed E-state index contributed by atoms with van der Waals surface area (Å²) >= 11 is 0. The van der Waals surface area contributed by atoms with E-state index in [1.807, 2.05) is 0 Å². The average Bonchev–Trinajstić information content (AvgIpc) is 2.42. The molecule has 124 valence electrons. The summed E-state index contributed by atoms with van der Waals surface area (Å²) in [6, 6.07) is 0.706. The van der Waals surface area contributed by atoms with E-state index in [0.717, 1.165) is 25.6 Å². The number of rotatable bonds is 6. The Morgan fingerprint density at radius 3 is 2.67 bits per heavy atom. The van der Waals surface area contributed by atoms with Crippen LogP contribution in [0.2, 0.25) is 0 Å². The van der Waals surface area contributed by atoms with Crippen molar-refractivity contribution >= 4 is 0 Å². The first-order valence-corrected chi connectivity index (χ1v) is 9.04. The average molecular weight is 296 g/mol. The number of nitrogens with zero attached hydrogens (tertiary/aromatic N) is 1. The molecule has 0 aromatic heterocycles. The van der Waals surface area contributed by atoms with Gasteiger partial charge in [-0.1, -0.05) is 20.8 Å². The summed E-state index contributed by atoms with van der Waals surface area (Å²) in [7, 11) is 2.28. The second-order valence-electron chi connectivity index (χ2n) is 8.04. The second-order valence-corrected chi connectivity index (χ2v) is 8.04. The fraction of sp³-hybridized carbons (Fsp3) is 1.00. The van der Waals surface area contributed by atoms with Crippen molar-refractivity contribution in [2.45, 2.75) is 71.4 Å². The highest BCUT2D eigenvalue weighted by Gasteiger charge is 2.35. The first kappa shape index (κ1) is 17.2. The van der Waals surface area contributed by atoms with E-state index in [1.54, 1.807) is 0 Å². The van der Waals surface area contributed by atoms with E-state index in [2.05, 4.69) is 38.0 Å². The van der Waals surface area contributed by atoms with Crippen molar-refractivity contribution in [3.8, 4) is 0 Å². The normalized spacial score (nSPS) is 33.3. The highest BCUT2D eigenvalue weighted by molar-refractivity contribution is 4.90. The number of hydrogen-bond donors (Lipinski definition) is 1. The number of hydrogen-bond acceptors (Lipinski definition) is 3. The molecule has 0 aromatic carbocycles. The van der Waals surface area contributed by atoms with Crippen LogP contribution in [0.1, 0.15) is 59.3 Å². The van der Waals surface area contributed by atoms with Crippen LogP contribution in [0, 0.1) is 11.3 Å². The SMILES string of the molecule is CCNC1CCC(C)(C)CC1CN(C)CC1CCCCO1. The molecule has 3 unspecified atom stereocenters. The zero-order valence-electron chi connectivity index (χ0n) is 14.7. The van der Waals surface area contributed by atoms with Crippen LogP contribution in [-0.2, 0) is 4.74 Å². The van der Waals surface area contributed by atoms with Gasteiger partial charge in [0.15, 0.2) is 0 Å². The van der Waals surface area contributed by atoms with Crippen LogP contribution in [0.3, 0.4) is 0 Å². The van der Waals surface area contributed by atoms with Gasteiger partial charge in [-0.25, -0.2) is 0 Å². The summed E-state index contributed by atoms with van der Waals surface area (Å²) in [5.41, 5.74) is 0.513. The highest BCUT2D eigenvalue weighted by atomic mass is 16.5. The van der Waals surface area contributed by atoms with Gasteiger partial charge in [0.25, 0.3) is 0 Å². The summed E-state index contributed by atoms with van der Waals surface area (Å²) in [6.07, 6.45) is 8.35. The second kappa shape index (κ2) is 7.94. The molecular weight excluding hydrogens is 260 g/mol. The van der Waals surface area contributed by atoms with E-state index in [0.29, 0.717) is 17.6 Å². The summed E-state index contributed by atoms with van der Waals surface area (Å²) < 4.78 is 5.90. The van der Waals surface area contributed by atoms with Gasteiger partial charge in [0, 0.05) is 25.7 Å². The third-order valence-corrected chi connectivity index (χ3v) is 5.32. The predicted molar refractivity (Wildman–Crippen MR) is 89.7 cm³/mol. The Morgan fingerprint density at radius 2 is 2.00 bits per heavy atom. The fourth-order valence-corrected chi connectivity index (χ4v) is 4.23. The smallest absolute Gasteiger partial charge is 0.0701 e. The molecular formula is C18H36N2O. The van der Waals surface area contributed by atoms with Crippen LogP contribution in [0.4, 0.5) is 0 Å². The number of ether oxygens (including phenoxy) is 1. The summed E-state index contributed by atoms with van der Waals surface area (Å²) in [5.74, 6) is 0.780. The molecule has 0 radical (unpaired) electrons. The summed E-state index contributed by atoms with van der Waals surface area (Å²) in [6.45, 7) is 11.5. The van der Waals surface area contributed by atoms with Crippen molar-refractivity contribution in [3.63, 3.8) is 0 Å². The molecule has 0 amide bonds. The number of likely N-dealkylation sites (N-methyl/N-ethyl adjacent to an activating group) is 1. The number of nitrogens with one attached hydrogen (secondary N) is 1. The molecule has 0 aromatic rings. The minimum atomic E-state index is 0.470. The van der Waals surface area contributed by atoms with Crippen molar-refractivity contribution in [3.05, 3.63) is 0 Å². The van der Waals surface area contributed by atoms with Gasteiger partial charge in [-0.15, -0.1) is 0 Å². The van der Waals surface area contributed by atoms with Crippen molar-refractivity contribution in [2.24, 2.45) is 11.3 Å². The Morgan fingerprint density at radius 1 is 1.19 bits per heavy atom. The maximum atomic E-state index is 5.90. The zero-order chi connectivity index (χ0) is 15.3. The molecule has 1 heterocycles. The molecule has 21 heavy (non-hydrogen) atoms. The fourth-order valence-electron chi connectivity index (χ4n) is 4.23. The van der Waals surface area contributed by atoms with E-state index in [9.17, 15) is 0 Å². The van der Waals surface area contributed by atoms with Crippen LogP contribution >= 0.6 is 0 Å². The molecule has 1 aliphatic heterocycles. The lowest BCUT2D eigenvalue weighted by Crippen LogP contribution is -2.48. The molecule has 2 aliphatic rings. The highest BCUT2D eigenvalue weighted by Crippen LogP contribution is 2.39. The molecule has 3 atom stereocenters. The van der Waals surface area contributed by atoms with Gasteiger partial charge in [0.2, 0.25) is 0 Å². The quantitative estimate of drug-likeness (QED) is 0.814. The molecule has 1 N–H and O–H groups in total. The zero-order valence-corrected chi connectivity index (χ0v) is 14.7. The Labute approximate surface area is 131 Å². The third kappa shape index (κ3) is 5.54. The van der Waals surface area contributed by atoms with Crippen molar-refractivity contribution in [2.75, 3.05) is 33.3 Å². The van der Waals surface area contributed by atoms with Gasteiger partial charge in [-0.2, -0.15) is 0 Å². The van der Waals surface area contributed by atoms with E-state index in [1.165, 1.54) is 45.1 Å². The van der Waals surface area contributed by atoms with Crippen LogP contribution in [-0.4, -0.2) is 50.3 Å². The van der Waals surface area contributed by atoms with Crippen LogP contribution < -0.4 is 5.32 Å². The van der Waals surface area contributed by atoms with Gasteiger partial charge >= 0.3 is 0 Å². The summed E-state index contributed by atoms with van der Waals surface area (Å²) in [4.78, 5) is 2.52. The third-order valence-electron chi connectivity index (χ3n) is 5.32. The van der Waals surface area contributed by atoms with Gasteiger partial charge in [0.05, 0.1) is 6.10 Å². The largest absolute Gasteiger partial charge is 0.377 e. The minimum absolute atomic E-state index is 0.470. The van der Waals surface area contributed by atoms with Gasteiger partial charge in [0.1, 0.15) is 0 Å². The van der Waals surface area contributed by atoms with E-state index >= 15 is 0 Å². The molecule has 0 spiro atoms. The molecule has 3 nitrogen and oxygen atoms in total. The van der Waals surface area contributed by atoms with Crippen molar-refractivity contribution < 1.29 is 4.74 Å². The van der Waals surface area contributed by atoms with E-state index in [-0.39, 0.29) is 0 Å². The lowest BCUT2D eigenvalue weighted by molar-refractivity contribution is -0.00724. The Hall–Kier alpha value is -0.120. The summed E-state index contributed by atoms with van der Waals surface area (Å²) in [5, 5.41) is 3.72. The monoisotopic (exact) mass is 296 g/mol. The molecule has 1 saturated carbocycles. The maximum Gasteiger partial charge on any atom is 0.0701 e. The Balaban J connectivity index is 1.84. The molecule has 2 rings (SSSR count). The lowest BCUT2D eigenvalue weighted by atomic mass is 9.69. The van der Waals surface area contributed by atoms with Crippen LogP contribution in [0.25, 0.3) is 0 Å². The van der Waals surface area contributed by atoms with Crippen molar-refractivity contribution in [1.82, 2.24) is 10.2 Å². The lowest BCUT2D eigenvalue weighted by Gasteiger charge is -2.43. The Kier molecular flexibility index (Phi) is 6.51. The minimum Gasteiger partial charge on any atom is -0.377 e. The predicted octanol–water partition coefficient (Wildman–Crippen LogP) is 3.29. The van der Waals surface area contributed by atoms with Gasteiger partial charge in [-0.05, 0) is 63.5 Å². The van der Waals surface area contributed by atoms with Gasteiger partial charge < -0.3 is 15.0 Å². The standard InChI is InChI=1S/C18H36N2O/c1-5-19-17-9-10-18(2,3)12-15(17)13-20(4)14-16-8-6-7-11-21-16/h15-17,19H,5-14H2,1-4H3. The maximum absolute atomic E-state index is 5.90. The molecule has 1 aliphatic carbocycles. The molecule has 2 fully saturated rings. The first-order chi connectivity index (χ1) is 10.00. The van der Waals surface area contributed by atoms with Crippen LogP contribution in [0.15, 0.2) is 0 Å². The van der Waals surface area contributed by atoms with Gasteiger partial charge in [-0.3, -0.25) is 0 Å². The van der Waals surface area contributed by atoms with Crippen LogP contribution in [0.5, 0.6) is 0 Å². The molecule has 0 bridgehead atoms. The molecule has 1 saturated heterocycles. The topological polar surface area (TPSA) is 24.5 Å². The first-order valence-electron chi connectivity index (χ1n) is 9.04. The Bertz CT molecular complexity index is 300. The van der Waals surface area contributed by atoms with E-state index < -0.39 is 0 Å².